The number of hydrogen-bond donors (Lipinski definition) is 2. The first-order chi connectivity index (χ1) is 9.49. The summed E-state index contributed by atoms with van der Waals surface area (Å²) in [6, 6.07) is 3.65. The first-order valence-electron chi connectivity index (χ1n) is 7.12. The lowest BCUT2D eigenvalue weighted by molar-refractivity contribution is 0.0948. The highest BCUT2D eigenvalue weighted by molar-refractivity contribution is 5.94. The number of carbonyl (C=O) groups excluding carboxylic acids is 1. The topological polar surface area (TPSA) is 57.3 Å². The third-order valence-corrected chi connectivity index (χ3v) is 2.78. The minimum absolute atomic E-state index is 0.0645. The Kier molecular flexibility index (Phi) is 7.01. The van der Waals surface area contributed by atoms with E-state index in [0.29, 0.717) is 18.0 Å². The summed E-state index contributed by atoms with van der Waals surface area (Å²) in [7, 11) is 4.12. The Bertz CT molecular complexity index is 401. The smallest absolute Gasteiger partial charge is 0.252 e. The van der Waals surface area contributed by atoms with E-state index < -0.39 is 0 Å². The Labute approximate surface area is 121 Å². The first-order valence-corrected chi connectivity index (χ1v) is 7.12. The van der Waals surface area contributed by atoms with Crippen molar-refractivity contribution in [2.24, 2.45) is 5.92 Å². The zero-order valence-corrected chi connectivity index (χ0v) is 12.9. The molecule has 5 nitrogen and oxygen atoms in total. The molecule has 0 aliphatic heterocycles. The normalized spacial score (nSPS) is 10.9. The average molecular weight is 278 g/mol. The van der Waals surface area contributed by atoms with Gasteiger partial charge in [0.15, 0.2) is 0 Å². The summed E-state index contributed by atoms with van der Waals surface area (Å²) in [6.45, 7) is 6.74. The molecule has 2 N–H and O–H groups in total. The fraction of sp³-hybridized carbons (Fsp3) is 0.600. The monoisotopic (exact) mass is 278 g/mol. The molecule has 112 valence electrons. The van der Waals surface area contributed by atoms with Gasteiger partial charge in [-0.15, -0.1) is 0 Å². The van der Waals surface area contributed by atoms with Crippen molar-refractivity contribution < 1.29 is 4.79 Å². The maximum atomic E-state index is 11.8. The van der Waals surface area contributed by atoms with Crippen LogP contribution in [0.5, 0.6) is 0 Å². The van der Waals surface area contributed by atoms with E-state index in [1.54, 1.807) is 12.3 Å². The fourth-order valence-corrected chi connectivity index (χ4v) is 1.64. The van der Waals surface area contributed by atoms with Gasteiger partial charge >= 0.3 is 0 Å². The molecule has 0 saturated carbocycles. The van der Waals surface area contributed by atoms with Crippen molar-refractivity contribution in [3.8, 4) is 0 Å². The SMILES string of the molecule is CC(C)CNC(=O)c1ccc(NCCCN(C)C)nc1. The molecule has 5 heteroatoms. The summed E-state index contributed by atoms with van der Waals surface area (Å²) >= 11 is 0. The van der Waals surface area contributed by atoms with Crippen molar-refractivity contribution >= 4 is 11.7 Å². The number of hydrogen-bond acceptors (Lipinski definition) is 4. The van der Waals surface area contributed by atoms with Crippen LogP contribution in [0, 0.1) is 5.92 Å². The number of amides is 1. The number of anilines is 1. The summed E-state index contributed by atoms with van der Waals surface area (Å²) in [4.78, 5) is 18.2. The van der Waals surface area contributed by atoms with Crippen LogP contribution in [0.4, 0.5) is 5.82 Å². The number of rotatable bonds is 8. The lowest BCUT2D eigenvalue weighted by Gasteiger charge is -2.10. The summed E-state index contributed by atoms with van der Waals surface area (Å²) in [5.41, 5.74) is 0.601. The van der Waals surface area contributed by atoms with Crippen LogP contribution >= 0.6 is 0 Å². The highest BCUT2D eigenvalue weighted by atomic mass is 16.1. The highest BCUT2D eigenvalue weighted by Crippen LogP contribution is 2.05. The Morgan fingerprint density at radius 3 is 2.65 bits per heavy atom. The van der Waals surface area contributed by atoms with Crippen molar-refractivity contribution in [3.05, 3.63) is 23.9 Å². The molecule has 20 heavy (non-hydrogen) atoms. The predicted molar refractivity (Wildman–Crippen MR) is 83.1 cm³/mol. The minimum atomic E-state index is -0.0645. The van der Waals surface area contributed by atoms with Crippen LogP contribution in [-0.2, 0) is 0 Å². The molecule has 1 amide bonds. The van der Waals surface area contributed by atoms with Crippen molar-refractivity contribution in [2.75, 3.05) is 39.0 Å². The van der Waals surface area contributed by atoms with E-state index in [-0.39, 0.29) is 5.91 Å². The zero-order chi connectivity index (χ0) is 15.0. The summed E-state index contributed by atoms with van der Waals surface area (Å²) in [6.07, 6.45) is 2.68. The Morgan fingerprint density at radius 1 is 1.35 bits per heavy atom. The van der Waals surface area contributed by atoms with Gasteiger partial charge in [0.25, 0.3) is 5.91 Å². The third-order valence-electron chi connectivity index (χ3n) is 2.78. The van der Waals surface area contributed by atoms with E-state index in [1.165, 1.54) is 0 Å². The van der Waals surface area contributed by atoms with Crippen LogP contribution in [0.25, 0.3) is 0 Å². The molecule has 1 heterocycles. The van der Waals surface area contributed by atoms with E-state index in [4.69, 9.17) is 0 Å². The first kappa shape index (κ1) is 16.4. The number of nitrogens with zero attached hydrogens (tertiary/aromatic N) is 2. The summed E-state index contributed by atoms with van der Waals surface area (Å²) in [5.74, 6) is 1.19. The minimum Gasteiger partial charge on any atom is -0.370 e. The number of nitrogens with one attached hydrogen (secondary N) is 2. The molecule has 0 fully saturated rings. The number of pyridine rings is 1. The van der Waals surface area contributed by atoms with E-state index in [9.17, 15) is 4.79 Å². The van der Waals surface area contributed by atoms with E-state index in [1.807, 2.05) is 6.07 Å². The van der Waals surface area contributed by atoms with Crippen molar-refractivity contribution in [1.82, 2.24) is 15.2 Å². The second kappa shape index (κ2) is 8.53. The summed E-state index contributed by atoms with van der Waals surface area (Å²) in [5, 5.41) is 6.12. The molecule has 0 aliphatic rings. The Balaban J connectivity index is 2.37. The molecule has 0 aromatic carbocycles. The van der Waals surface area contributed by atoms with Gasteiger partial charge in [0.2, 0.25) is 0 Å². The van der Waals surface area contributed by atoms with Gasteiger partial charge in [-0.1, -0.05) is 13.8 Å². The van der Waals surface area contributed by atoms with Gasteiger partial charge in [0, 0.05) is 19.3 Å². The van der Waals surface area contributed by atoms with Gasteiger partial charge in [0.1, 0.15) is 5.82 Å². The Hall–Kier alpha value is -1.62. The van der Waals surface area contributed by atoms with E-state index >= 15 is 0 Å². The van der Waals surface area contributed by atoms with Gasteiger partial charge in [-0.3, -0.25) is 4.79 Å². The number of carbonyl (C=O) groups is 1. The van der Waals surface area contributed by atoms with Crippen molar-refractivity contribution in [1.29, 1.82) is 0 Å². The van der Waals surface area contributed by atoms with Gasteiger partial charge < -0.3 is 15.5 Å². The number of aromatic nitrogens is 1. The van der Waals surface area contributed by atoms with Crippen molar-refractivity contribution in [3.63, 3.8) is 0 Å². The molecule has 0 radical (unpaired) electrons. The molecule has 1 rings (SSSR count). The standard InChI is InChI=1S/C15H26N4O/c1-12(2)10-18-15(20)13-6-7-14(17-11-13)16-8-5-9-19(3)4/h6-7,11-12H,5,8-10H2,1-4H3,(H,16,17)(H,18,20). The van der Waals surface area contributed by atoms with Crippen LogP contribution < -0.4 is 10.6 Å². The molecule has 1 aromatic heterocycles. The predicted octanol–water partition coefficient (Wildman–Crippen LogP) is 1.83. The second-order valence-electron chi connectivity index (χ2n) is 5.62. The van der Waals surface area contributed by atoms with Crippen molar-refractivity contribution in [2.45, 2.75) is 20.3 Å². The molecular formula is C15H26N4O. The van der Waals surface area contributed by atoms with Crippen LogP contribution in [0.2, 0.25) is 0 Å². The molecular weight excluding hydrogens is 252 g/mol. The molecule has 0 aliphatic carbocycles. The van der Waals surface area contributed by atoms with Gasteiger partial charge in [-0.2, -0.15) is 0 Å². The molecule has 0 atom stereocenters. The molecule has 0 unspecified atom stereocenters. The van der Waals surface area contributed by atoms with Crippen LogP contribution in [-0.4, -0.2) is 49.5 Å². The lowest BCUT2D eigenvalue weighted by atomic mass is 10.2. The van der Waals surface area contributed by atoms with Crippen LogP contribution in [0.1, 0.15) is 30.6 Å². The molecule has 0 bridgehead atoms. The van der Waals surface area contributed by atoms with Gasteiger partial charge in [0.05, 0.1) is 5.56 Å². The maximum Gasteiger partial charge on any atom is 0.252 e. The average Bonchev–Trinajstić information content (AvgIpc) is 2.41. The van der Waals surface area contributed by atoms with E-state index in [0.717, 1.165) is 25.3 Å². The molecule has 1 aromatic rings. The maximum absolute atomic E-state index is 11.8. The second-order valence-corrected chi connectivity index (χ2v) is 5.62. The molecule has 0 spiro atoms. The quantitative estimate of drug-likeness (QED) is 0.712. The van der Waals surface area contributed by atoms with Gasteiger partial charge in [-0.05, 0) is 45.1 Å². The molecule has 0 saturated heterocycles. The summed E-state index contributed by atoms with van der Waals surface area (Å²) < 4.78 is 0. The lowest BCUT2D eigenvalue weighted by Crippen LogP contribution is -2.27. The van der Waals surface area contributed by atoms with E-state index in [2.05, 4.69) is 48.5 Å². The Morgan fingerprint density at radius 2 is 2.10 bits per heavy atom. The van der Waals surface area contributed by atoms with Crippen LogP contribution in [0.15, 0.2) is 18.3 Å². The van der Waals surface area contributed by atoms with Gasteiger partial charge in [-0.25, -0.2) is 4.98 Å². The zero-order valence-electron chi connectivity index (χ0n) is 12.9. The highest BCUT2D eigenvalue weighted by Gasteiger charge is 2.06. The third kappa shape index (κ3) is 6.52. The fourth-order valence-electron chi connectivity index (χ4n) is 1.64. The van der Waals surface area contributed by atoms with Crippen LogP contribution in [0.3, 0.4) is 0 Å². The largest absolute Gasteiger partial charge is 0.370 e.